The van der Waals surface area contributed by atoms with Crippen LogP contribution in [0.3, 0.4) is 0 Å². The van der Waals surface area contributed by atoms with Gasteiger partial charge in [0.25, 0.3) is 10.1 Å². The normalized spacial score (nSPS) is 11.5. The Labute approximate surface area is 140 Å². The number of benzene rings is 2. The molecule has 3 aromatic rings. The van der Waals surface area contributed by atoms with E-state index >= 15 is 0 Å². The Kier molecular flexibility index (Phi) is 4.38. The van der Waals surface area contributed by atoms with Gasteiger partial charge in [-0.15, -0.1) is 0 Å². The van der Waals surface area contributed by atoms with E-state index in [1.54, 1.807) is 36.4 Å². The van der Waals surface area contributed by atoms with Crippen molar-refractivity contribution in [2.24, 2.45) is 0 Å². The lowest BCUT2D eigenvalue weighted by molar-refractivity contribution is 0.312. The molecule has 24 heavy (non-hydrogen) atoms. The van der Waals surface area contributed by atoms with Crippen LogP contribution in [0.5, 0.6) is 0 Å². The van der Waals surface area contributed by atoms with Crippen LogP contribution in [0.15, 0.2) is 57.8 Å². The molecule has 0 saturated heterocycles. The minimum absolute atomic E-state index is 0.0128. The second-order valence-electron chi connectivity index (χ2n) is 5.42. The zero-order valence-corrected chi connectivity index (χ0v) is 13.8. The fourth-order valence-corrected chi connectivity index (χ4v) is 3.22. The van der Waals surface area contributed by atoms with Gasteiger partial charge in [-0.25, -0.2) is 0 Å². The lowest BCUT2D eigenvalue weighted by Crippen LogP contribution is -2.09. The molecule has 0 spiro atoms. The molecule has 122 valence electrons. The molecule has 0 atom stereocenters. The first-order valence-corrected chi connectivity index (χ1v) is 8.77. The molecule has 0 aliphatic rings. The first-order chi connectivity index (χ1) is 11.5. The van der Waals surface area contributed by atoms with Crippen molar-refractivity contribution < 1.29 is 17.0 Å². The van der Waals surface area contributed by atoms with Gasteiger partial charge in [0.15, 0.2) is 0 Å². The maximum absolute atomic E-state index is 12.1. The van der Waals surface area contributed by atoms with E-state index in [-0.39, 0.29) is 11.5 Å². The van der Waals surface area contributed by atoms with Crippen LogP contribution in [0.4, 0.5) is 0 Å². The Morgan fingerprint density at radius 3 is 2.58 bits per heavy atom. The monoisotopic (exact) mass is 341 g/mol. The standard InChI is InChI=1S/C18H15NO4S/c1-13-2-5-17(6-3-13)24(20,21)22-9-8-16-11-15-10-14(12-19)4-7-18(15)23-16/h2-7,10-11H,8-9H2,1H3. The molecule has 6 heteroatoms. The summed E-state index contributed by atoms with van der Waals surface area (Å²) in [5.74, 6) is 0.610. The molecular weight excluding hydrogens is 326 g/mol. The molecule has 1 aromatic heterocycles. The lowest BCUT2D eigenvalue weighted by Gasteiger charge is -2.05. The number of nitriles is 1. The summed E-state index contributed by atoms with van der Waals surface area (Å²) in [6.07, 6.45) is 0.321. The zero-order chi connectivity index (χ0) is 17.2. The SMILES string of the molecule is Cc1ccc(S(=O)(=O)OCCc2cc3cc(C#N)ccc3o2)cc1. The minimum Gasteiger partial charge on any atom is -0.461 e. The van der Waals surface area contributed by atoms with Gasteiger partial charge in [0.2, 0.25) is 0 Å². The molecular formula is C18H15NO4S. The Hall–Kier alpha value is -2.62. The van der Waals surface area contributed by atoms with Gasteiger partial charge in [-0.1, -0.05) is 17.7 Å². The van der Waals surface area contributed by atoms with Gasteiger partial charge in [0, 0.05) is 11.8 Å². The second kappa shape index (κ2) is 6.48. The number of fused-ring (bicyclic) bond motifs is 1. The second-order valence-corrected chi connectivity index (χ2v) is 7.03. The van der Waals surface area contributed by atoms with Crippen molar-refractivity contribution in [1.82, 2.24) is 0 Å². The number of hydrogen-bond acceptors (Lipinski definition) is 5. The third-order valence-corrected chi connectivity index (χ3v) is 4.92. The van der Waals surface area contributed by atoms with Crippen LogP contribution in [-0.2, 0) is 20.7 Å². The third kappa shape index (κ3) is 3.48. The van der Waals surface area contributed by atoms with E-state index in [9.17, 15) is 8.42 Å². The van der Waals surface area contributed by atoms with Gasteiger partial charge in [-0.2, -0.15) is 13.7 Å². The molecule has 2 aromatic carbocycles. The molecule has 1 heterocycles. The van der Waals surface area contributed by atoms with Gasteiger partial charge in [-0.05, 0) is 43.3 Å². The van der Waals surface area contributed by atoms with Crippen molar-refractivity contribution in [1.29, 1.82) is 5.26 Å². The summed E-state index contributed by atoms with van der Waals surface area (Å²) in [4.78, 5) is 0.136. The predicted molar refractivity (Wildman–Crippen MR) is 88.9 cm³/mol. The predicted octanol–water partition coefficient (Wildman–Crippen LogP) is 3.56. The van der Waals surface area contributed by atoms with Crippen molar-refractivity contribution in [3.05, 3.63) is 65.4 Å². The molecule has 0 radical (unpaired) electrons. The molecule has 0 N–H and O–H groups in total. The molecule has 0 aliphatic heterocycles. The number of furan rings is 1. The van der Waals surface area contributed by atoms with E-state index in [1.165, 1.54) is 12.1 Å². The van der Waals surface area contributed by atoms with Crippen LogP contribution in [0.2, 0.25) is 0 Å². The zero-order valence-electron chi connectivity index (χ0n) is 13.0. The number of nitrogens with zero attached hydrogens (tertiary/aromatic N) is 1. The molecule has 0 unspecified atom stereocenters. The van der Waals surface area contributed by atoms with Crippen molar-refractivity contribution in [3.8, 4) is 6.07 Å². The van der Waals surface area contributed by atoms with Crippen LogP contribution in [0.1, 0.15) is 16.9 Å². The van der Waals surface area contributed by atoms with Crippen LogP contribution in [0.25, 0.3) is 11.0 Å². The first kappa shape index (κ1) is 16.2. The first-order valence-electron chi connectivity index (χ1n) is 7.36. The Morgan fingerprint density at radius 2 is 1.88 bits per heavy atom. The summed E-state index contributed by atoms with van der Waals surface area (Å²) in [6, 6.07) is 15.5. The average molecular weight is 341 g/mol. The maximum Gasteiger partial charge on any atom is 0.296 e. The van der Waals surface area contributed by atoms with Crippen molar-refractivity contribution in [2.45, 2.75) is 18.2 Å². The van der Waals surface area contributed by atoms with E-state index < -0.39 is 10.1 Å². The fraction of sp³-hybridized carbons (Fsp3) is 0.167. The smallest absolute Gasteiger partial charge is 0.296 e. The Bertz CT molecular complexity index is 1010. The third-order valence-electron chi connectivity index (χ3n) is 3.59. The summed E-state index contributed by atoms with van der Waals surface area (Å²) >= 11 is 0. The molecule has 0 saturated carbocycles. The minimum atomic E-state index is -3.77. The number of hydrogen-bond donors (Lipinski definition) is 0. The quantitative estimate of drug-likeness (QED) is 0.663. The summed E-state index contributed by atoms with van der Waals surface area (Å²) in [5, 5.41) is 9.70. The molecule has 0 aliphatic carbocycles. The molecule has 3 rings (SSSR count). The van der Waals surface area contributed by atoms with E-state index in [1.807, 2.05) is 6.92 Å². The van der Waals surface area contributed by atoms with Gasteiger partial charge >= 0.3 is 0 Å². The van der Waals surface area contributed by atoms with Crippen LogP contribution < -0.4 is 0 Å². The summed E-state index contributed by atoms with van der Waals surface area (Å²) in [5.41, 5.74) is 2.19. The van der Waals surface area contributed by atoms with E-state index in [2.05, 4.69) is 6.07 Å². The highest BCUT2D eigenvalue weighted by Crippen LogP contribution is 2.21. The summed E-state index contributed by atoms with van der Waals surface area (Å²) in [7, 11) is -3.77. The number of aryl methyl sites for hydroxylation is 1. The molecule has 0 bridgehead atoms. The van der Waals surface area contributed by atoms with E-state index in [4.69, 9.17) is 13.9 Å². The molecule has 0 amide bonds. The lowest BCUT2D eigenvalue weighted by atomic mass is 10.2. The molecule has 0 fully saturated rings. The van der Waals surface area contributed by atoms with Gasteiger partial charge < -0.3 is 4.42 Å². The number of rotatable bonds is 5. The van der Waals surface area contributed by atoms with Crippen molar-refractivity contribution >= 4 is 21.1 Å². The summed E-state index contributed by atoms with van der Waals surface area (Å²) < 4.78 is 34.9. The Morgan fingerprint density at radius 1 is 1.12 bits per heavy atom. The fourth-order valence-electron chi connectivity index (χ4n) is 2.32. The van der Waals surface area contributed by atoms with Gasteiger partial charge in [-0.3, -0.25) is 4.18 Å². The van der Waals surface area contributed by atoms with E-state index in [0.717, 1.165) is 10.9 Å². The average Bonchev–Trinajstić information content (AvgIpc) is 2.96. The van der Waals surface area contributed by atoms with Gasteiger partial charge in [0.1, 0.15) is 11.3 Å². The Balaban J connectivity index is 1.68. The highest BCUT2D eigenvalue weighted by Gasteiger charge is 2.15. The van der Waals surface area contributed by atoms with Crippen molar-refractivity contribution in [3.63, 3.8) is 0 Å². The maximum atomic E-state index is 12.1. The van der Waals surface area contributed by atoms with Gasteiger partial charge in [0.05, 0.1) is 23.1 Å². The van der Waals surface area contributed by atoms with Crippen molar-refractivity contribution in [2.75, 3.05) is 6.61 Å². The summed E-state index contributed by atoms with van der Waals surface area (Å²) in [6.45, 7) is 1.87. The van der Waals surface area contributed by atoms with Crippen LogP contribution >= 0.6 is 0 Å². The highest BCUT2D eigenvalue weighted by molar-refractivity contribution is 7.86. The topological polar surface area (TPSA) is 80.3 Å². The molecule has 5 nitrogen and oxygen atoms in total. The van der Waals surface area contributed by atoms with Crippen LogP contribution in [0, 0.1) is 18.3 Å². The highest BCUT2D eigenvalue weighted by atomic mass is 32.2. The van der Waals surface area contributed by atoms with E-state index in [0.29, 0.717) is 23.3 Å². The van der Waals surface area contributed by atoms with Crippen LogP contribution in [-0.4, -0.2) is 15.0 Å². The largest absolute Gasteiger partial charge is 0.461 e.